The molecule has 0 atom stereocenters. The first-order valence-electron chi connectivity index (χ1n) is 9.29. The van der Waals surface area contributed by atoms with E-state index in [9.17, 15) is 4.39 Å². The van der Waals surface area contributed by atoms with Crippen LogP contribution in [0.1, 0.15) is 5.56 Å². The van der Waals surface area contributed by atoms with Crippen molar-refractivity contribution >= 4 is 11.5 Å². The van der Waals surface area contributed by atoms with Crippen molar-refractivity contribution in [3.63, 3.8) is 0 Å². The van der Waals surface area contributed by atoms with E-state index in [1.54, 1.807) is 6.07 Å². The van der Waals surface area contributed by atoms with Crippen molar-refractivity contribution in [1.82, 2.24) is 9.88 Å². The molecule has 0 aliphatic carbocycles. The minimum atomic E-state index is -0.285. The molecule has 0 bridgehead atoms. The van der Waals surface area contributed by atoms with Gasteiger partial charge in [0.25, 0.3) is 0 Å². The highest BCUT2D eigenvalue weighted by Crippen LogP contribution is 2.24. The molecule has 6 heteroatoms. The van der Waals surface area contributed by atoms with Crippen molar-refractivity contribution in [1.29, 1.82) is 0 Å². The summed E-state index contributed by atoms with van der Waals surface area (Å²) in [5.74, 6) is 0.576. The predicted octanol–water partition coefficient (Wildman–Crippen LogP) is 2.38. The van der Waals surface area contributed by atoms with Gasteiger partial charge in [0.15, 0.2) is 0 Å². The number of benzene rings is 1. The number of halogens is 1. The molecule has 4 rings (SSSR count). The van der Waals surface area contributed by atoms with Gasteiger partial charge in [0.1, 0.15) is 11.6 Å². The second kappa shape index (κ2) is 8.01. The van der Waals surface area contributed by atoms with Crippen LogP contribution < -0.4 is 9.80 Å². The standard InChI is InChI=1S/C20H25FN4O/c21-18-5-6-20(22-15-18)25-9-7-23(8-10-25)16-17-3-1-2-4-19(17)24-11-13-26-14-12-24/h1-6,15H,7-14,16H2. The van der Waals surface area contributed by atoms with Crippen molar-refractivity contribution < 1.29 is 9.13 Å². The number of pyridine rings is 1. The summed E-state index contributed by atoms with van der Waals surface area (Å²) in [6.07, 6.45) is 1.29. The lowest BCUT2D eigenvalue weighted by atomic mass is 10.1. The van der Waals surface area contributed by atoms with Crippen molar-refractivity contribution in [2.24, 2.45) is 0 Å². The van der Waals surface area contributed by atoms with Crippen LogP contribution in [0.3, 0.4) is 0 Å². The number of para-hydroxylation sites is 1. The second-order valence-electron chi connectivity index (χ2n) is 6.83. The molecule has 0 saturated carbocycles. The van der Waals surface area contributed by atoms with Crippen LogP contribution in [0.5, 0.6) is 0 Å². The molecule has 0 N–H and O–H groups in total. The number of ether oxygens (including phenoxy) is 1. The van der Waals surface area contributed by atoms with E-state index >= 15 is 0 Å². The Balaban J connectivity index is 1.38. The van der Waals surface area contributed by atoms with Gasteiger partial charge >= 0.3 is 0 Å². The summed E-state index contributed by atoms with van der Waals surface area (Å²) < 4.78 is 18.5. The predicted molar refractivity (Wildman–Crippen MR) is 101 cm³/mol. The van der Waals surface area contributed by atoms with Crippen LogP contribution in [-0.4, -0.2) is 62.4 Å². The molecule has 1 aromatic carbocycles. The minimum Gasteiger partial charge on any atom is -0.378 e. The topological polar surface area (TPSA) is 31.8 Å². The van der Waals surface area contributed by atoms with Gasteiger partial charge in [-0.3, -0.25) is 4.90 Å². The molecule has 0 spiro atoms. The van der Waals surface area contributed by atoms with Crippen LogP contribution in [0.4, 0.5) is 15.9 Å². The lowest BCUT2D eigenvalue weighted by molar-refractivity contribution is 0.122. The van der Waals surface area contributed by atoms with Crippen molar-refractivity contribution in [2.75, 3.05) is 62.3 Å². The fraction of sp³-hybridized carbons (Fsp3) is 0.450. The van der Waals surface area contributed by atoms with Gasteiger partial charge < -0.3 is 14.5 Å². The minimum absolute atomic E-state index is 0.285. The van der Waals surface area contributed by atoms with E-state index in [0.717, 1.165) is 64.8 Å². The Kier molecular flexibility index (Phi) is 5.32. The molecule has 3 heterocycles. The maximum absolute atomic E-state index is 13.0. The van der Waals surface area contributed by atoms with E-state index in [1.807, 2.05) is 0 Å². The summed E-state index contributed by atoms with van der Waals surface area (Å²) in [6.45, 7) is 8.28. The fourth-order valence-electron chi connectivity index (χ4n) is 3.69. The highest BCUT2D eigenvalue weighted by molar-refractivity contribution is 5.54. The number of hydrogen-bond acceptors (Lipinski definition) is 5. The maximum atomic E-state index is 13.0. The molecule has 2 fully saturated rings. The van der Waals surface area contributed by atoms with Crippen molar-refractivity contribution in [2.45, 2.75) is 6.54 Å². The number of hydrogen-bond donors (Lipinski definition) is 0. The molecular weight excluding hydrogens is 331 g/mol. The van der Waals surface area contributed by atoms with Gasteiger partial charge in [0.2, 0.25) is 0 Å². The highest BCUT2D eigenvalue weighted by Gasteiger charge is 2.20. The van der Waals surface area contributed by atoms with Gasteiger partial charge in [-0.1, -0.05) is 18.2 Å². The van der Waals surface area contributed by atoms with Crippen molar-refractivity contribution in [3.8, 4) is 0 Å². The molecule has 0 radical (unpaired) electrons. The quantitative estimate of drug-likeness (QED) is 0.840. The van der Waals surface area contributed by atoms with Crippen LogP contribution in [-0.2, 0) is 11.3 Å². The monoisotopic (exact) mass is 356 g/mol. The van der Waals surface area contributed by atoms with E-state index in [1.165, 1.54) is 23.5 Å². The zero-order valence-corrected chi connectivity index (χ0v) is 15.0. The number of anilines is 2. The first kappa shape index (κ1) is 17.2. The van der Waals surface area contributed by atoms with E-state index in [0.29, 0.717) is 0 Å². The summed E-state index contributed by atoms with van der Waals surface area (Å²) in [5, 5.41) is 0. The summed E-state index contributed by atoms with van der Waals surface area (Å²) in [4.78, 5) is 11.3. The van der Waals surface area contributed by atoms with Gasteiger partial charge in [-0.2, -0.15) is 0 Å². The zero-order valence-electron chi connectivity index (χ0n) is 15.0. The SMILES string of the molecule is Fc1ccc(N2CCN(Cc3ccccc3N3CCOCC3)CC2)nc1. The highest BCUT2D eigenvalue weighted by atomic mass is 19.1. The van der Waals surface area contributed by atoms with Crippen molar-refractivity contribution in [3.05, 3.63) is 54.0 Å². The number of piperazine rings is 1. The van der Waals surface area contributed by atoms with Crippen LogP contribution in [0.2, 0.25) is 0 Å². The van der Waals surface area contributed by atoms with Gasteiger partial charge in [-0.25, -0.2) is 9.37 Å². The van der Waals surface area contributed by atoms with Gasteiger partial charge in [0, 0.05) is 51.5 Å². The largest absolute Gasteiger partial charge is 0.378 e. The first-order valence-corrected chi connectivity index (χ1v) is 9.29. The third-order valence-corrected chi connectivity index (χ3v) is 5.15. The summed E-state index contributed by atoms with van der Waals surface area (Å²) in [7, 11) is 0. The number of aromatic nitrogens is 1. The van der Waals surface area contributed by atoms with Gasteiger partial charge in [0.05, 0.1) is 19.4 Å². The third-order valence-electron chi connectivity index (χ3n) is 5.15. The Morgan fingerprint density at radius 2 is 1.65 bits per heavy atom. The van der Waals surface area contributed by atoms with E-state index in [2.05, 4.69) is 43.9 Å². The van der Waals surface area contributed by atoms with E-state index in [4.69, 9.17) is 4.74 Å². The lowest BCUT2D eigenvalue weighted by Crippen LogP contribution is -2.46. The molecular formula is C20H25FN4O. The Labute approximate surface area is 154 Å². The summed E-state index contributed by atoms with van der Waals surface area (Å²) >= 11 is 0. The average molecular weight is 356 g/mol. The molecule has 2 aromatic rings. The molecule has 5 nitrogen and oxygen atoms in total. The average Bonchev–Trinajstić information content (AvgIpc) is 2.70. The van der Waals surface area contributed by atoms with Crippen LogP contribution in [0, 0.1) is 5.82 Å². The zero-order chi connectivity index (χ0) is 17.8. The number of morpholine rings is 1. The molecule has 2 aliphatic heterocycles. The Morgan fingerprint density at radius 1 is 0.885 bits per heavy atom. The van der Waals surface area contributed by atoms with Crippen LogP contribution in [0.25, 0.3) is 0 Å². The van der Waals surface area contributed by atoms with E-state index < -0.39 is 0 Å². The van der Waals surface area contributed by atoms with Gasteiger partial charge in [-0.15, -0.1) is 0 Å². The second-order valence-corrected chi connectivity index (χ2v) is 6.83. The molecule has 2 aliphatic rings. The van der Waals surface area contributed by atoms with Crippen LogP contribution in [0.15, 0.2) is 42.6 Å². The maximum Gasteiger partial charge on any atom is 0.141 e. The van der Waals surface area contributed by atoms with Gasteiger partial charge in [-0.05, 0) is 23.8 Å². The number of rotatable bonds is 4. The molecule has 0 amide bonds. The molecule has 2 saturated heterocycles. The first-order chi connectivity index (χ1) is 12.8. The number of nitrogens with zero attached hydrogens (tertiary/aromatic N) is 4. The summed E-state index contributed by atoms with van der Waals surface area (Å²) in [6, 6.07) is 11.9. The Bertz CT molecular complexity index is 710. The van der Waals surface area contributed by atoms with Crippen LogP contribution >= 0.6 is 0 Å². The Morgan fingerprint density at radius 3 is 2.38 bits per heavy atom. The normalized spacial score (nSPS) is 19.0. The molecule has 138 valence electrons. The van der Waals surface area contributed by atoms with E-state index in [-0.39, 0.29) is 5.82 Å². The third kappa shape index (κ3) is 3.97. The molecule has 0 unspecified atom stereocenters. The summed E-state index contributed by atoms with van der Waals surface area (Å²) in [5.41, 5.74) is 2.71. The smallest absolute Gasteiger partial charge is 0.141 e. The lowest BCUT2D eigenvalue weighted by Gasteiger charge is -2.36. The fourth-order valence-corrected chi connectivity index (χ4v) is 3.69. The molecule has 1 aromatic heterocycles. The Hall–Kier alpha value is -2.18. The molecule has 26 heavy (non-hydrogen) atoms.